The van der Waals surface area contributed by atoms with Crippen LogP contribution in [0.3, 0.4) is 0 Å². The molecule has 0 radical (unpaired) electrons. The number of H-pyrrole nitrogens is 1. The molecule has 2 N–H and O–H groups in total. The maximum atomic E-state index is 14.4. The van der Waals surface area contributed by atoms with Crippen LogP contribution in [0.25, 0.3) is 22.0 Å². The summed E-state index contributed by atoms with van der Waals surface area (Å²) < 4.78 is 14.4. The molecule has 5 aromatic rings. The zero-order valence-corrected chi connectivity index (χ0v) is 26.3. The number of rotatable bonds is 8. The Morgan fingerprint density at radius 1 is 0.848 bits per heavy atom. The summed E-state index contributed by atoms with van der Waals surface area (Å²) >= 11 is 0. The number of benzene rings is 4. The van der Waals surface area contributed by atoms with Crippen LogP contribution >= 0.6 is 0 Å². The standard InChI is InChI=1S/C39H41FN4O2/c1-42-19-21-44(22-20-42)33-15-17-43(18-16-33)32-12-9-27(10-13-32)28-6-4-7-30(23-28)39(46)26-34(35-25-31(40)11-14-38(35)45)37-24-29-5-2-3-8-36(29)41-37/h2-14,23-25,33-34,41,45H,15-22,26H2,1H3/t34-/m1/s1. The maximum absolute atomic E-state index is 14.4. The van der Waals surface area contributed by atoms with Gasteiger partial charge in [-0.25, -0.2) is 4.39 Å². The molecule has 236 valence electrons. The van der Waals surface area contributed by atoms with Gasteiger partial charge in [-0.3, -0.25) is 9.69 Å². The van der Waals surface area contributed by atoms with Crippen molar-refractivity contribution in [1.29, 1.82) is 0 Å². The molecule has 4 aromatic carbocycles. The van der Waals surface area contributed by atoms with Gasteiger partial charge in [-0.15, -0.1) is 0 Å². The van der Waals surface area contributed by atoms with Gasteiger partial charge in [-0.1, -0.05) is 48.5 Å². The smallest absolute Gasteiger partial charge is 0.163 e. The fraction of sp³-hybridized carbons (Fsp3) is 0.308. The minimum atomic E-state index is -0.543. The molecule has 3 heterocycles. The van der Waals surface area contributed by atoms with Gasteiger partial charge in [0.25, 0.3) is 0 Å². The van der Waals surface area contributed by atoms with Gasteiger partial charge >= 0.3 is 0 Å². The van der Waals surface area contributed by atoms with Gasteiger partial charge < -0.3 is 19.9 Å². The predicted molar refractivity (Wildman–Crippen MR) is 183 cm³/mol. The molecule has 0 aliphatic carbocycles. The first-order valence-corrected chi connectivity index (χ1v) is 16.4. The molecular weight excluding hydrogens is 575 g/mol. The molecule has 0 spiro atoms. The number of hydrogen-bond acceptors (Lipinski definition) is 5. The molecule has 7 heteroatoms. The molecule has 2 aliphatic rings. The molecule has 46 heavy (non-hydrogen) atoms. The highest BCUT2D eigenvalue weighted by Crippen LogP contribution is 2.37. The fourth-order valence-electron chi connectivity index (χ4n) is 7.19. The summed E-state index contributed by atoms with van der Waals surface area (Å²) in [6.07, 6.45) is 2.47. The Morgan fingerprint density at radius 3 is 2.37 bits per heavy atom. The number of carbonyl (C=O) groups is 1. The number of phenolic OH excluding ortho intramolecular Hbond substituents is 1. The summed E-state index contributed by atoms with van der Waals surface area (Å²) in [5.74, 6) is -1.10. The molecule has 6 nitrogen and oxygen atoms in total. The molecule has 2 aliphatic heterocycles. The van der Waals surface area contributed by atoms with E-state index in [9.17, 15) is 14.3 Å². The Kier molecular flexibility index (Phi) is 8.61. The van der Waals surface area contributed by atoms with E-state index in [2.05, 4.69) is 51.0 Å². The molecule has 2 fully saturated rings. The van der Waals surface area contributed by atoms with Crippen molar-refractivity contribution in [2.45, 2.75) is 31.2 Å². The van der Waals surface area contributed by atoms with Crippen molar-refractivity contribution in [2.24, 2.45) is 0 Å². The highest BCUT2D eigenvalue weighted by atomic mass is 19.1. The predicted octanol–water partition coefficient (Wildman–Crippen LogP) is 7.30. The third-order valence-electron chi connectivity index (χ3n) is 9.95. The first-order valence-electron chi connectivity index (χ1n) is 16.4. The van der Waals surface area contributed by atoms with E-state index >= 15 is 0 Å². The van der Waals surface area contributed by atoms with Crippen LogP contribution in [0.5, 0.6) is 5.75 Å². The van der Waals surface area contributed by atoms with Crippen LogP contribution < -0.4 is 4.90 Å². The molecule has 0 amide bonds. The molecule has 0 saturated carbocycles. The number of carbonyl (C=O) groups excluding carboxylic acids is 1. The number of aromatic nitrogens is 1. The second kappa shape index (κ2) is 13.1. The van der Waals surface area contributed by atoms with Gasteiger partial charge in [0.15, 0.2) is 5.78 Å². The van der Waals surface area contributed by atoms with Gasteiger partial charge in [0.05, 0.1) is 0 Å². The number of anilines is 1. The van der Waals surface area contributed by atoms with Crippen LogP contribution in [0.2, 0.25) is 0 Å². The van der Waals surface area contributed by atoms with Crippen LogP contribution in [0.4, 0.5) is 10.1 Å². The largest absolute Gasteiger partial charge is 0.508 e. The van der Waals surface area contributed by atoms with Crippen molar-refractivity contribution >= 4 is 22.4 Å². The first kappa shape index (κ1) is 30.2. The summed E-state index contributed by atoms with van der Waals surface area (Å²) in [4.78, 5) is 24.8. The summed E-state index contributed by atoms with van der Waals surface area (Å²) in [6, 6.07) is 30.8. The van der Waals surface area contributed by atoms with Crippen LogP contribution in [0, 0.1) is 5.82 Å². The minimum Gasteiger partial charge on any atom is -0.508 e. The number of likely N-dealkylation sites (N-methyl/N-ethyl adjacent to an activating group) is 1. The molecule has 0 unspecified atom stereocenters. The zero-order chi connectivity index (χ0) is 31.6. The lowest BCUT2D eigenvalue weighted by molar-refractivity contribution is 0.0977. The van der Waals surface area contributed by atoms with Crippen LogP contribution in [-0.4, -0.2) is 78.0 Å². The number of nitrogens with one attached hydrogen (secondary N) is 1. The van der Waals surface area contributed by atoms with Crippen LogP contribution in [0.15, 0.2) is 97.1 Å². The number of hydrogen-bond donors (Lipinski definition) is 2. The van der Waals surface area contributed by atoms with Crippen LogP contribution in [0.1, 0.15) is 46.8 Å². The first-order chi connectivity index (χ1) is 22.4. The van der Waals surface area contributed by atoms with Crippen molar-refractivity contribution in [1.82, 2.24) is 14.8 Å². The monoisotopic (exact) mass is 616 g/mol. The Bertz CT molecular complexity index is 1780. The average molecular weight is 617 g/mol. The number of fused-ring (bicyclic) bond motifs is 1. The summed E-state index contributed by atoms with van der Waals surface area (Å²) in [5, 5.41) is 11.7. The molecule has 2 saturated heterocycles. The number of aromatic amines is 1. The molecular formula is C39H41FN4O2. The quantitative estimate of drug-likeness (QED) is 0.179. The van der Waals surface area contributed by atoms with E-state index in [1.54, 1.807) is 0 Å². The number of para-hydroxylation sites is 1. The van der Waals surface area contributed by atoms with Crippen LogP contribution in [-0.2, 0) is 0 Å². The van der Waals surface area contributed by atoms with Crippen molar-refractivity contribution in [2.75, 3.05) is 51.2 Å². The zero-order valence-electron chi connectivity index (χ0n) is 26.3. The van der Waals surface area contributed by atoms with Crippen molar-refractivity contribution < 1.29 is 14.3 Å². The van der Waals surface area contributed by atoms with Gasteiger partial charge in [-0.05, 0) is 84.9 Å². The second-order valence-electron chi connectivity index (χ2n) is 12.9. The van der Waals surface area contributed by atoms with E-state index in [4.69, 9.17) is 0 Å². The topological polar surface area (TPSA) is 62.8 Å². The maximum Gasteiger partial charge on any atom is 0.163 e. The number of piperazine rings is 1. The van der Waals surface area contributed by atoms with Crippen molar-refractivity contribution in [3.63, 3.8) is 0 Å². The summed E-state index contributed by atoms with van der Waals surface area (Å²) in [7, 11) is 2.21. The summed E-state index contributed by atoms with van der Waals surface area (Å²) in [6.45, 7) is 6.81. The number of Topliss-reactive ketones (excluding diaryl/α,β-unsaturated/α-hetero) is 1. The Hall–Kier alpha value is -4.46. The Balaban J connectivity index is 1.06. The SMILES string of the molecule is CN1CCN(C2CCN(c3ccc(-c4cccc(C(=O)C[C@@H](c5cc6ccccc6[nH]5)c5cc(F)ccc5O)c4)cc3)CC2)CC1. The van der Waals surface area contributed by atoms with E-state index < -0.39 is 11.7 Å². The second-order valence-corrected chi connectivity index (χ2v) is 12.9. The van der Waals surface area contributed by atoms with Gasteiger partial charge in [0.2, 0.25) is 0 Å². The van der Waals surface area contributed by atoms with E-state index in [-0.39, 0.29) is 18.0 Å². The lowest BCUT2D eigenvalue weighted by Gasteiger charge is -2.42. The van der Waals surface area contributed by atoms with Gasteiger partial charge in [-0.2, -0.15) is 0 Å². The lowest BCUT2D eigenvalue weighted by atomic mass is 9.87. The number of aromatic hydroxyl groups is 1. The molecule has 1 atom stereocenters. The number of ketones is 1. The Morgan fingerprint density at radius 2 is 1.61 bits per heavy atom. The normalized spacial score (nSPS) is 17.4. The highest BCUT2D eigenvalue weighted by molar-refractivity contribution is 5.98. The van der Waals surface area contributed by atoms with Gasteiger partial charge in [0, 0.05) is 85.7 Å². The average Bonchev–Trinajstić information content (AvgIpc) is 3.53. The highest BCUT2D eigenvalue weighted by Gasteiger charge is 2.27. The van der Waals surface area contributed by atoms with Gasteiger partial charge in [0.1, 0.15) is 11.6 Å². The number of piperidine rings is 1. The molecule has 1 aromatic heterocycles. The minimum absolute atomic E-state index is 0.0322. The number of phenols is 1. The van der Waals surface area contributed by atoms with E-state index in [0.29, 0.717) is 17.2 Å². The Labute approximate surface area is 270 Å². The number of halogens is 1. The van der Waals surface area contributed by atoms with E-state index in [0.717, 1.165) is 53.9 Å². The lowest BCUT2D eigenvalue weighted by Crippen LogP contribution is -2.52. The molecule has 7 rings (SSSR count). The number of nitrogens with zero attached hydrogens (tertiary/aromatic N) is 3. The molecule has 0 bridgehead atoms. The fourth-order valence-corrected chi connectivity index (χ4v) is 7.19. The third kappa shape index (κ3) is 6.43. The third-order valence-corrected chi connectivity index (χ3v) is 9.95. The van der Waals surface area contributed by atoms with E-state index in [1.807, 2.05) is 54.6 Å². The van der Waals surface area contributed by atoms with E-state index in [1.165, 1.54) is 49.8 Å². The summed E-state index contributed by atoms with van der Waals surface area (Å²) in [5.41, 5.74) is 5.93. The van der Waals surface area contributed by atoms with Crippen molar-refractivity contribution in [3.8, 4) is 16.9 Å². The van der Waals surface area contributed by atoms with Crippen molar-refractivity contribution in [3.05, 3.63) is 120 Å².